The van der Waals surface area contributed by atoms with E-state index in [9.17, 15) is 18.0 Å². The van der Waals surface area contributed by atoms with Gasteiger partial charge in [0.1, 0.15) is 11.3 Å². The van der Waals surface area contributed by atoms with E-state index in [1.165, 1.54) is 20.1 Å². The van der Waals surface area contributed by atoms with Crippen LogP contribution in [0.25, 0.3) is 0 Å². The Hall–Kier alpha value is -1.88. The second kappa shape index (κ2) is 6.52. The maximum absolute atomic E-state index is 12.5. The quantitative estimate of drug-likeness (QED) is 0.630. The molecule has 1 aromatic carbocycles. The summed E-state index contributed by atoms with van der Waals surface area (Å²) in [4.78, 5) is 11.3. The first kappa shape index (κ1) is 16.2. The molecule has 0 amide bonds. The molecule has 0 bridgehead atoms. The average molecular weight is 305 g/mol. The van der Waals surface area contributed by atoms with Crippen LogP contribution in [0, 0.1) is 11.3 Å². The zero-order valence-electron chi connectivity index (χ0n) is 10.6. The van der Waals surface area contributed by atoms with Crippen LogP contribution in [0.5, 0.6) is 5.75 Å². The van der Waals surface area contributed by atoms with E-state index in [0.717, 1.165) is 6.07 Å². The number of nitriles is 1. The van der Waals surface area contributed by atoms with Crippen molar-refractivity contribution in [3.8, 4) is 11.8 Å². The summed E-state index contributed by atoms with van der Waals surface area (Å²) >= 11 is -0.491. The number of carbonyl (C=O) groups is 1. The maximum atomic E-state index is 12.5. The van der Waals surface area contributed by atoms with E-state index in [4.69, 9.17) is 14.7 Å². The van der Waals surface area contributed by atoms with Crippen molar-refractivity contribution in [2.75, 3.05) is 13.7 Å². The molecule has 0 saturated heterocycles. The first-order chi connectivity index (χ1) is 9.32. The number of thioether (sulfide) groups is 1. The molecule has 0 aromatic heterocycles. The number of esters is 1. The number of ether oxygens (including phenoxy) is 2. The molecule has 0 saturated carbocycles. The van der Waals surface area contributed by atoms with Crippen LogP contribution in [0.1, 0.15) is 22.8 Å². The number of methoxy groups -OCH3 is 1. The summed E-state index contributed by atoms with van der Waals surface area (Å²) in [6.07, 6.45) is 0. The summed E-state index contributed by atoms with van der Waals surface area (Å²) in [6.45, 7) is 1.54. The van der Waals surface area contributed by atoms with Crippen molar-refractivity contribution in [1.82, 2.24) is 0 Å². The van der Waals surface area contributed by atoms with Crippen molar-refractivity contribution in [2.24, 2.45) is 0 Å². The van der Waals surface area contributed by atoms with E-state index >= 15 is 0 Å². The molecule has 0 aliphatic rings. The summed E-state index contributed by atoms with van der Waals surface area (Å²) < 4.78 is 47.2. The van der Waals surface area contributed by atoms with E-state index < -0.39 is 28.1 Å². The molecule has 108 valence electrons. The fourth-order valence-electron chi connectivity index (χ4n) is 1.43. The lowest BCUT2D eigenvalue weighted by molar-refractivity contribution is -0.0328. The molecular formula is C12H10F3NO3S. The lowest BCUT2D eigenvalue weighted by Gasteiger charge is -2.14. The van der Waals surface area contributed by atoms with Crippen LogP contribution in [0.2, 0.25) is 0 Å². The number of carbonyl (C=O) groups excluding carboxylic acids is 1. The van der Waals surface area contributed by atoms with Crippen molar-refractivity contribution in [3.63, 3.8) is 0 Å². The molecule has 0 radical (unpaired) electrons. The standard InChI is InChI=1S/C12H10F3NO3S/c1-3-19-11(17)10-8(18-2)4-7(6-16)5-9(10)20-12(13,14)15/h4-5H,3H2,1-2H3. The lowest BCUT2D eigenvalue weighted by Crippen LogP contribution is -2.11. The number of alkyl halides is 3. The molecule has 0 aliphatic heterocycles. The number of hydrogen-bond acceptors (Lipinski definition) is 5. The summed E-state index contributed by atoms with van der Waals surface area (Å²) in [6, 6.07) is 3.88. The summed E-state index contributed by atoms with van der Waals surface area (Å²) in [7, 11) is 1.20. The van der Waals surface area contributed by atoms with Gasteiger partial charge in [-0.3, -0.25) is 0 Å². The summed E-state index contributed by atoms with van der Waals surface area (Å²) in [5.41, 5.74) is -4.97. The fourth-order valence-corrected chi connectivity index (χ4v) is 2.15. The molecule has 0 unspecified atom stereocenters. The van der Waals surface area contributed by atoms with Crippen molar-refractivity contribution in [2.45, 2.75) is 17.3 Å². The highest BCUT2D eigenvalue weighted by atomic mass is 32.2. The predicted octanol–water partition coefficient (Wildman–Crippen LogP) is 3.36. The Morgan fingerprint density at radius 3 is 2.55 bits per heavy atom. The van der Waals surface area contributed by atoms with Gasteiger partial charge >= 0.3 is 11.5 Å². The van der Waals surface area contributed by atoms with Gasteiger partial charge in [0.05, 0.1) is 25.3 Å². The normalized spacial score (nSPS) is 10.8. The first-order valence-electron chi connectivity index (χ1n) is 5.37. The smallest absolute Gasteiger partial charge is 0.446 e. The topological polar surface area (TPSA) is 59.3 Å². The molecule has 0 heterocycles. The first-order valence-corrected chi connectivity index (χ1v) is 6.19. The summed E-state index contributed by atoms with van der Waals surface area (Å²) in [5, 5.41) is 8.80. The highest BCUT2D eigenvalue weighted by molar-refractivity contribution is 8.00. The van der Waals surface area contributed by atoms with Gasteiger partial charge in [0, 0.05) is 4.90 Å². The van der Waals surface area contributed by atoms with Gasteiger partial charge in [0.25, 0.3) is 0 Å². The van der Waals surface area contributed by atoms with Gasteiger partial charge < -0.3 is 9.47 Å². The Morgan fingerprint density at radius 1 is 1.45 bits per heavy atom. The van der Waals surface area contributed by atoms with Crippen molar-refractivity contribution in [1.29, 1.82) is 5.26 Å². The van der Waals surface area contributed by atoms with E-state index in [-0.39, 0.29) is 23.5 Å². The largest absolute Gasteiger partial charge is 0.496 e. The number of rotatable bonds is 4. The van der Waals surface area contributed by atoms with Gasteiger partial charge in [0.2, 0.25) is 0 Å². The molecule has 0 fully saturated rings. The Morgan fingerprint density at radius 2 is 2.10 bits per heavy atom. The van der Waals surface area contributed by atoms with Crippen LogP contribution in [0.4, 0.5) is 13.2 Å². The van der Waals surface area contributed by atoms with E-state index in [0.29, 0.717) is 0 Å². The number of hydrogen-bond donors (Lipinski definition) is 0. The minimum Gasteiger partial charge on any atom is -0.496 e. The second-order valence-electron chi connectivity index (χ2n) is 3.43. The van der Waals surface area contributed by atoms with Crippen LogP contribution >= 0.6 is 11.8 Å². The highest BCUT2D eigenvalue weighted by Gasteiger charge is 2.33. The van der Waals surface area contributed by atoms with Gasteiger partial charge in [-0.25, -0.2) is 4.79 Å². The van der Waals surface area contributed by atoms with Crippen LogP contribution < -0.4 is 4.74 Å². The second-order valence-corrected chi connectivity index (χ2v) is 4.54. The van der Waals surface area contributed by atoms with Crippen LogP contribution in [0.3, 0.4) is 0 Å². The average Bonchev–Trinajstić information content (AvgIpc) is 2.35. The number of nitrogens with zero attached hydrogens (tertiary/aromatic N) is 1. The maximum Gasteiger partial charge on any atom is 0.446 e. The van der Waals surface area contributed by atoms with Gasteiger partial charge in [-0.1, -0.05) is 0 Å². The molecule has 0 atom stereocenters. The van der Waals surface area contributed by atoms with Crippen molar-refractivity contribution in [3.05, 3.63) is 23.3 Å². The van der Waals surface area contributed by atoms with Crippen molar-refractivity contribution < 1.29 is 27.4 Å². The molecule has 0 N–H and O–H groups in total. The van der Waals surface area contributed by atoms with Gasteiger partial charge in [-0.15, -0.1) is 0 Å². The van der Waals surface area contributed by atoms with Crippen molar-refractivity contribution >= 4 is 17.7 Å². The molecular weight excluding hydrogens is 295 g/mol. The Kier molecular flexibility index (Phi) is 5.27. The van der Waals surface area contributed by atoms with Gasteiger partial charge in [0.15, 0.2) is 0 Å². The van der Waals surface area contributed by atoms with Gasteiger partial charge in [-0.2, -0.15) is 18.4 Å². The fraction of sp³-hybridized carbons (Fsp3) is 0.333. The van der Waals surface area contributed by atoms with Crippen LogP contribution in [-0.4, -0.2) is 25.2 Å². The zero-order valence-corrected chi connectivity index (χ0v) is 11.4. The Labute approximate surface area is 117 Å². The molecule has 20 heavy (non-hydrogen) atoms. The molecule has 4 nitrogen and oxygen atoms in total. The van der Waals surface area contributed by atoms with E-state index in [1.807, 2.05) is 0 Å². The zero-order chi connectivity index (χ0) is 15.3. The van der Waals surface area contributed by atoms with E-state index in [2.05, 4.69) is 0 Å². The number of benzene rings is 1. The summed E-state index contributed by atoms with van der Waals surface area (Å²) in [5.74, 6) is -1.06. The molecule has 8 heteroatoms. The van der Waals surface area contributed by atoms with Gasteiger partial charge in [-0.05, 0) is 30.8 Å². The third kappa shape index (κ3) is 4.06. The molecule has 0 aliphatic carbocycles. The Bertz CT molecular complexity index is 552. The lowest BCUT2D eigenvalue weighted by atomic mass is 10.1. The minimum absolute atomic E-state index is 0.0120. The minimum atomic E-state index is -4.60. The van der Waals surface area contributed by atoms with E-state index in [1.54, 1.807) is 6.07 Å². The van der Waals surface area contributed by atoms with Crippen LogP contribution in [0.15, 0.2) is 17.0 Å². The predicted molar refractivity (Wildman–Crippen MR) is 65.6 cm³/mol. The molecule has 0 spiro atoms. The van der Waals surface area contributed by atoms with Crippen LogP contribution in [-0.2, 0) is 4.74 Å². The third-order valence-corrected chi connectivity index (χ3v) is 2.89. The third-order valence-electron chi connectivity index (χ3n) is 2.12. The highest BCUT2D eigenvalue weighted by Crippen LogP contribution is 2.41. The SMILES string of the molecule is CCOC(=O)c1c(OC)cc(C#N)cc1SC(F)(F)F. The molecule has 1 aromatic rings. The molecule has 1 rings (SSSR count). The number of halogens is 3. The Balaban J connectivity index is 3.43. The monoisotopic (exact) mass is 305 g/mol.